The van der Waals surface area contributed by atoms with Crippen LogP contribution in [0.3, 0.4) is 0 Å². The monoisotopic (exact) mass is 378 g/mol. The average molecular weight is 379 g/mol. The summed E-state index contributed by atoms with van der Waals surface area (Å²) in [5.41, 5.74) is 0.0893. The van der Waals surface area contributed by atoms with Gasteiger partial charge in [0.15, 0.2) is 11.5 Å². The number of ether oxygens (including phenoxy) is 3. The van der Waals surface area contributed by atoms with E-state index in [9.17, 15) is 4.79 Å². The van der Waals surface area contributed by atoms with E-state index in [1.807, 2.05) is 11.0 Å². The predicted octanol–water partition coefficient (Wildman–Crippen LogP) is 2.37. The molecular weight excluding hydrogens is 360 g/mol. The van der Waals surface area contributed by atoms with Crippen LogP contribution in [-0.4, -0.2) is 54.6 Å². The van der Waals surface area contributed by atoms with Gasteiger partial charge in [-0.3, -0.25) is 0 Å². The molecule has 3 heterocycles. The van der Waals surface area contributed by atoms with Gasteiger partial charge in [-0.2, -0.15) is 0 Å². The van der Waals surface area contributed by atoms with Crippen molar-refractivity contribution in [1.29, 1.82) is 0 Å². The quantitative estimate of drug-likeness (QED) is 0.733. The number of piperidine rings is 1. The van der Waals surface area contributed by atoms with Gasteiger partial charge in [0, 0.05) is 32.0 Å². The third-order valence-electron chi connectivity index (χ3n) is 4.09. The molecule has 0 unspecified atom stereocenters. The number of carbonyl (C=O) groups excluding carboxylic acids is 1. The van der Waals surface area contributed by atoms with Crippen LogP contribution >= 0.6 is 11.6 Å². The van der Waals surface area contributed by atoms with E-state index in [1.54, 1.807) is 19.4 Å². The first-order chi connectivity index (χ1) is 12.6. The van der Waals surface area contributed by atoms with Crippen molar-refractivity contribution in [2.24, 2.45) is 0 Å². The highest BCUT2D eigenvalue weighted by atomic mass is 35.5. The average Bonchev–Trinajstić information content (AvgIpc) is 2.68. The fourth-order valence-corrected chi connectivity index (χ4v) is 2.98. The normalized spacial score (nSPS) is 14.8. The zero-order chi connectivity index (χ0) is 18.5. The minimum atomic E-state index is -0.564. The summed E-state index contributed by atoms with van der Waals surface area (Å²) >= 11 is 6.26. The van der Waals surface area contributed by atoms with Crippen LogP contribution in [-0.2, 0) is 4.74 Å². The molecule has 0 amide bonds. The highest BCUT2D eigenvalue weighted by Crippen LogP contribution is 2.27. The molecule has 1 fully saturated rings. The molecule has 0 radical (unpaired) electrons. The molecule has 1 aliphatic rings. The van der Waals surface area contributed by atoms with E-state index in [1.165, 1.54) is 13.2 Å². The van der Waals surface area contributed by atoms with Crippen molar-refractivity contribution in [2.45, 2.75) is 18.9 Å². The molecule has 2 aromatic heterocycles. The van der Waals surface area contributed by atoms with Crippen LogP contribution in [0.15, 0.2) is 24.4 Å². The number of nitrogens with zero attached hydrogens (tertiary/aromatic N) is 4. The lowest BCUT2D eigenvalue weighted by atomic mass is 10.1. The largest absolute Gasteiger partial charge is 0.489 e. The Labute approximate surface area is 156 Å². The third kappa shape index (κ3) is 4.13. The SMILES string of the molecule is COC(=O)c1cc(Cl)c(N2CCC(Oc3ccc(OC)nc3)CC2)nn1. The van der Waals surface area contributed by atoms with Crippen molar-refractivity contribution in [2.75, 3.05) is 32.2 Å². The highest BCUT2D eigenvalue weighted by Gasteiger charge is 2.24. The molecular formula is C17H19ClN4O4. The van der Waals surface area contributed by atoms with Gasteiger partial charge in [-0.05, 0) is 12.1 Å². The van der Waals surface area contributed by atoms with Crippen LogP contribution in [0, 0.1) is 0 Å². The van der Waals surface area contributed by atoms with E-state index in [2.05, 4.69) is 19.9 Å². The van der Waals surface area contributed by atoms with Gasteiger partial charge in [0.2, 0.25) is 5.88 Å². The predicted molar refractivity (Wildman–Crippen MR) is 95.0 cm³/mol. The molecule has 0 saturated carbocycles. The summed E-state index contributed by atoms with van der Waals surface area (Å²) in [5.74, 6) is 1.26. The summed E-state index contributed by atoms with van der Waals surface area (Å²) in [6.45, 7) is 1.44. The van der Waals surface area contributed by atoms with E-state index in [0.717, 1.165) is 25.9 Å². The number of methoxy groups -OCH3 is 2. The van der Waals surface area contributed by atoms with Crippen LogP contribution in [0.2, 0.25) is 5.02 Å². The minimum absolute atomic E-state index is 0.0857. The van der Waals surface area contributed by atoms with Gasteiger partial charge >= 0.3 is 5.97 Å². The molecule has 26 heavy (non-hydrogen) atoms. The summed E-state index contributed by atoms with van der Waals surface area (Å²) in [7, 11) is 2.86. The number of hydrogen-bond donors (Lipinski definition) is 0. The van der Waals surface area contributed by atoms with Crippen molar-refractivity contribution in [3.8, 4) is 11.6 Å². The fourth-order valence-electron chi connectivity index (χ4n) is 2.72. The fraction of sp³-hybridized carbons (Fsp3) is 0.412. The molecule has 138 valence electrons. The van der Waals surface area contributed by atoms with E-state index in [0.29, 0.717) is 22.5 Å². The third-order valence-corrected chi connectivity index (χ3v) is 4.36. The highest BCUT2D eigenvalue weighted by molar-refractivity contribution is 6.33. The molecule has 2 aromatic rings. The molecule has 0 spiro atoms. The molecule has 8 nitrogen and oxygen atoms in total. The molecule has 0 N–H and O–H groups in total. The number of anilines is 1. The Hall–Kier alpha value is -2.61. The maximum atomic E-state index is 11.5. The molecule has 0 aromatic carbocycles. The van der Waals surface area contributed by atoms with Crippen LogP contribution in [0.4, 0.5) is 5.82 Å². The second-order valence-electron chi connectivity index (χ2n) is 5.73. The summed E-state index contributed by atoms with van der Waals surface area (Å²) in [5, 5.41) is 8.34. The maximum Gasteiger partial charge on any atom is 0.358 e. The summed E-state index contributed by atoms with van der Waals surface area (Å²) in [6.07, 6.45) is 3.35. The Balaban J connectivity index is 1.58. The molecule has 1 aliphatic heterocycles. The van der Waals surface area contributed by atoms with Gasteiger partial charge in [0.25, 0.3) is 0 Å². The van der Waals surface area contributed by atoms with Crippen LogP contribution in [0.25, 0.3) is 0 Å². The number of halogens is 1. The van der Waals surface area contributed by atoms with Crippen molar-refractivity contribution in [1.82, 2.24) is 15.2 Å². The first-order valence-corrected chi connectivity index (χ1v) is 8.51. The zero-order valence-corrected chi connectivity index (χ0v) is 15.3. The van der Waals surface area contributed by atoms with Gasteiger partial charge in [-0.25, -0.2) is 9.78 Å². The summed E-state index contributed by atoms with van der Waals surface area (Å²) in [4.78, 5) is 17.6. The smallest absolute Gasteiger partial charge is 0.358 e. The maximum absolute atomic E-state index is 11.5. The number of hydrogen-bond acceptors (Lipinski definition) is 8. The van der Waals surface area contributed by atoms with Crippen LogP contribution in [0.5, 0.6) is 11.6 Å². The number of esters is 1. The Bertz CT molecular complexity index is 764. The van der Waals surface area contributed by atoms with Gasteiger partial charge in [0.1, 0.15) is 11.9 Å². The van der Waals surface area contributed by atoms with Crippen molar-refractivity contribution >= 4 is 23.4 Å². The molecule has 1 saturated heterocycles. The van der Waals surface area contributed by atoms with Crippen LogP contribution in [0.1, 0.15) is 23.3 Å². The Morgan fingerprint density at radius 2 is 2.00 bits per heavy atom. The first kappa shape index (κ1) is 18.2. The Morgan fingerprint density at radius 1 is 1.23 bits per heavy atom. The molecule has 3 rings (SSSR count). The van der Waals surface area contributed by atoms with Crippen molar-refractivity contribution in [3.63, 3.8) is 0 Å². The second-order valence-corrected chi connectivity index (χ2v) is 6.14. The number of pyridine rings is 1. The second kappa shape index (κ2) is 8.18. The van der Waals surface area contributed by atoms with E-state index >= 15 is 0 Å². The van der Waals surface area contributed by atoms with E-state index in [4.69, 9.17) is 21.1 Å². The molecule has 9 heteroatoms. The van der Waals surface area contributed by atoms with Crippen molar-refractivity contribution < 1.29 is 19.0 Å². The molecule has 0 atom stereocenters. The number of aromatic nitrogens is 3. The number of carbonyl (C=O) groups is 1. The van der Waals surface area contributed by atoms with Gasteiger partial charge in [-0.1, -0.05) is 11.6 Å². The topological polar surface area (TPSA) is 86.7 Å². The minimum Gasteiger partial charge on any atom is -0.489 e. The summed E-state index contributed by atoms with van der Waals surface area (Å²) < 4.78 is 15.6. The lowest BCUT2D eigenvalue weighted by Crippen LogP contribution is -2.39. The van der Waals surface area contributed by atoms with E-state index < -0.39 is 5.97 Å². The van der Waals surface area contributed by atoms with Crippen LogP contribution < -0.4 is 14.4 Å². The zero-order valence-electron chi connectivity index (χ0n) is 14.5. The number of rotatable bonds is 5. The van der Waals surface area contributed by atoms with Gasteiger partial charge in [-0.15, -0.1) is 10.2 Å². The first-order valence-electron chi connectivity index (χ1n) is 8.14. The lowest BCUT2D eigenvalue weighted by molar-refractivity contribution is 0.0592. The lowest BCUT2D eigenvalue weighted by Gasteiger charge is -2.33. The standard InChI is InChI=1S/C17H19ClN4O4/c1-24-15-4-3-12(10-19-15)26-11-5-7-22(8-6-11)16-13(18)9-14(20-21-16)17(23)25-2/h3-4,9-11H,5-8H2,1-2H3. The molecule has 0 bridgehead atoms. The molecule has 0 aliphatic carbocycles. The van der Waals surface area contributed by atoms with Gasteiger partial charge in [0.05, 0.1) is 25.4 Å². The Kier molecular flexibility index (Phi) is 5.72. The van der Waals surface area contributed by atoms with Crippen molar-refractivity contribution in [3.05, 3.63) is 35.1 Å². The van der Waals surface area contributed by atoms with E-state index in [-0.39, 0.29) is 11.8 Å². The Morgan fingerprint density at radius 3 is 2.58 bits per heavy atom. The summed E-state index contributed by atoms with van der Waals surface area (Å²) in [6, 6.07) is 5.08. The van der Waals surface area contributed by atoms with Gasteiger partial charge < -0.3 is 19.1 Å².